The minimum Gasteiger partial charge on any atom is -0.466 e. The van der Waals surface area contributed by atoms with Crippen LogP contribution in [0.1, 0.15) is 26.7 Å². The lowest BCUT2D eigenvalue weighted by Crippen LogP contribution is -2.13. The minimum atomic E-state index is -0.536. The van der Waals surface area contributed by atoms with Crippen molar-refractivity contribution in [2.75, 3.05) is 18.5 Å². The SMILES string of the molecule is C=CCCBr.CCOC(=O)CC(=O)OCC. The van der Waals surface area contributed by atoms with Crippen molar-refractivity contribution < 1.29 is 19.1 Å². The highest BCUT2D eigenvalue weighted by Crippen LogP contribution is 1.89. The lowest BCUT2D eigenvalue weighted by atomic mass is 10.4. The zero-order chi connectivity index (χ0) is 12.8. The van der Waals surface area contributed by atoms with E-state index in [1.165, 1.54) is 0 Å². The maximum Gasteiger partial charge on any atom is 0.317 e. The molecule has 16 heavy (non-hydrogen) atoms. The number of hydrogen-bond donors (Lipinski definition) is 0. The Bertz CT molecular complexity index is 188. The van der Waals surface area contributed by atoms with Gasteiger partial charge in [-0.15, -0.1) is 6.58 Å². The Morgan fingerprint density at radius 3 is 1.81 bits per heavy atom. The van der Waals surface area contributed by atoms with Gasteiger partial charge in [-0.2, -0.15) is 0 Å². The maximum absolute atomic E-state index is 10.6. The van der Waals surface area contributed by atoms with Gasteiger partial charge >= 0.3 is 11.9 Å². The molecule has 0 N–H and O–H groups in total. The second-order valence-corrected chi connectivity index (χ2v) is 3.35. The van der Waals surface area contributed by atoms with Crippen LogP contribution in [0.4, 0.5) is 0 Å². The summed E-state index contributed by atoms with van der Waals surface area (Å²) in [4.78, 5) is 21.2. The number of carbonyl (C=O) groups excluding carboxylic acids is 2. The Kier molecular flexibility index (Phi) is 15.5. The largest absolute Gasteiger partial charge is 0.466 e. The van der Waals surface area contributed by atoms with Gasteiger partial charge in [0.2, 0.25) is 0 Å². The summed E-state index contributed by atoms with van der Waals surface area (Å²) in [5.74, 6) is -1.07. The number of alkyl halides is 1. The Morgan fingerprint density at radius 1 is 1.19 bits per heavy atom. The molecule has 0 aliphatic rings. The molecule has 0 heterocycles. The molecule has 0 aromatic carbocycles. The molecule has 0 amide bonds. The summed E-state index contributed by atoms with van der Waals surface area (Å²) in [5.41, 5.74) is 0. The first-order chi connectivity index (χ1) is 7.62. The monoisotopic (exact) mass is 294 g/mol. The average Bonchev–Trinajstić information content (AvgIpc) is 2.20. The van der Waals surface area contributed by atoms with Crippen LogP contribution in [-0.2, 0) is 19.1 Å². The van der Waals surface area contributed by atoms with E-state index in [4.69, 9.17) is 0 Å². The summed E-state index contributed by atoms with van der Waals surface area (Å²) in [6, 6.07) is 0. The molecule has 94 valence electrons. The lowest BCUT2D eigenvalue weighted by Gasteiger charge is -2.00. The minimum absolute atomic E-state index is 0.290. The number of halogens is 1. The van der Waals surface area contributed by atoms with E-state index >= 15 is 0 Å². The van der Waals surface area contributed by atoms with E-state index in [1.54, 1.807) is 13.8 Å². The van der Waals surface area contributed by atoms with Crippen LogP contribution in [0, 0.1) is 0 Å². The number of rotatable bonds is 6. The average molecular weight is 295 g/mol. The quantitative estimate of drug-likeness (QED) is 0.327. The van der Waals surface area contributed by atoms with Crippen LogP contribution in [0.25, 0.3) is 0 Å². The molecular weight excluding hydrogens is 276 g/mol. The Morgan fingerprint density at radius 2 is 1.62 bits per heavy atom. The van der Waals surface area contributed by atoms with Crippen molar-refractivity contribution in [2.45, 2.75) is 26.7 Å². The van der Waals surface area contributed by atoms with Crippen LogP contribution in [0.3, 0.4) is 0 Å². The molecule has 0 aromatic heterocycles. The van der Waals surface area contributed by atoms with Crippen LogP contribution in [0.5, 0.6) is 0 Å². The third kappa shape index (κ3) is 15.6. The molecule has 0 aromatic rings. The zero-order valence-electron chi connectivity index (χ0n) is 9.83. The van der Waals surface area contributed by atoms with Crippen molar-refractivity contribution in [2.24, 2.45) is 0 Å². The van der Waals surface area contributed by atoms with Gasteiger partial charge in [-0.25, -0.2) is 0 Å². The van der Waals surface area contributed by atoms with E-state index in [9.17, 15) is 9.59 Å². The Hall–Kier alpha value is -0.840. The van der Waals surface area contributed by atoms with Crippen LogP contribution in [0.15, 0.2) is 12.7 Å². The molecule has 0 saturated heterocycles. The van der Waals surface area contributed by atoms with E-state index in [-0.39, 0.29) is 19.6 Å². The summed E-state index contributed by atoms with van der Waals surface area (Å²) in [6.07, 6.45) is 2.66. The van der Waals surface area contributed by atoms with E-state index in [2.05, 4.69) is 32.0 Å². The zero-order valence-corrected chi connectivity index (χ0v) is 11.4. The third-order valence-electron chi connectivity index (χ3n) is 1.21. The fraction of sp³-hybridized carbons (Fsp3) is 0.636. The normalized spacial score (nSPS) is 8.44. The van der Waals surface area contributed by atoms with Crippen molar-refractivity contribution in [1.29, 1.82) is 0 Å². The highest BCUT2D eigenvalue weighted by Gasteiger charge is 2.09. The number of allylic oxidation sites excluding steroid dienone is 1. The molecule has 0 aliphatic heterocycles. The van der Waals surface area contributed by atoms with Crippen LogP contribution in [-0.4, -0.2) is 30.5 Å². The van der Waals surface area contributed by atoms with E-state index in [1.807, 2.05) is 6.08 Å². The summed E-state index contributed by atoms with van der Waals surface area (Å²) in [7, 11) is 0. The summed E-state index contributed by atoms with van der Waals surface area (Å²) >= 11 is 3.24. The second-order valence-electron chi connectivity index (χ2n) is 2.55. The van der Waals surface area contributed by atoms with Crippen molar-refractivity contribution >= 4 is 27.9 Å². The fourth-order valence-electron chi connectivity index (χ4n) is 0.619. The molecule has 0 saturated carbocycles. The predicted molar refractivity (Wildman–Crippen MR) is 66.5 cm³/mol. The molecule has 0 spiro atoms. The molecule has 0 fully saturated rings. The highest BCUT2D eigenvalue weighted by atomic mass is 79.9. The molecular formula is C11H19BrO4. The van der Waals surface area contributed by atoms with Crippen molar-refractivity contribution in [3.05, 3.63) is 12.7 Å². The highest BCUT2D eigenvalue weighted by molar-refractivity contribution is 9.09. The van der Waals surface area contributed by atoms with Gasteiger partial charge in [0.05, 0.1) is 13.2 Å². The smallest absolute Gasteiger partial charge is 0.317 e. The van der Waals surface area contributed by atoms with Gasteiger partial charge in [-0.3, -0.25) is 9.59 Å². The van der Waals surface area contributed by atoms with Gasteiger partial charge in [0.1, 0.15) is 6.42 Å². The van der Waals surface area contributed by atoms with E-state index in [0.29, 0.717) is 0 Å². The lowest BCUT2D eigenvalue weighted by molar-refractivity contribution is -0.153. The Labute approximate surface area is 105 Å². The Balaban J connectivity index is 0. The third-order valence-corrected chi connectivity index (χ3v) is 1.67. The number of carbonyl (C=O) groups is 2. The standard InChI is InChI=1S/C7H12O4.C4H7Br/c1-3-10-6(8)5-7(9)11-4-2;1-2-3-4-5/h3-5H2,1-2H3;2H,1,3-4H2. The summed E-state index contributed by atoms with van der Waals surface area (Å²) < 4.78 is 9.04. The maximum atomic E-state index is 10.6. The van der Waals surface area contributed by atoms with Gasteiger partial charge in [-0.1, -0.05) is 22.0 Å². The van der Waals surface area contributed by atoms with Gasteiger partial charge in [-0.05, 0) is 20.3 Å². The number of esters is 2. The number of ether oxygens (including phenoxy) is 2. The molecule has 5 heteroatoms. The van der Waals surface area contributed by atoms with Gasteiger partial charge < -0.3 is 9.47 Å². The molecule has 4 nitrogen and oxygen atoms in total. The summed E-state index contributed by atoms with van der Waals surface area (Å²) in [6.45, 7) is 7.47. The fourth-order valence-corrected chi connectivity index (χ4v) is 0.943. The number of hydrogen-bond acceptors (Lipinski definition) is 4. The second kappa shape index (κ2) is 14.2. The van der Waals surface area contributed by atoms with E-state index in [0.717, 1.165) is 11.8 Å². The van der Waals surface area contributed by atoms with Gasteiger partial charge in [0.25, 0.3) is 0 Å². The van der Waals surface area contributed by atoms with Crippen molar-refractivity contribution in [3.8, 4) is 0 Å². The first-order valence-electron chi connectivity index (χ1n) is 5.10. The van der Waals surface area contributed by atoms with Gasteiger partial charge in [0.15, 0.2) is 0 Å². The van der Waals surface area contributed by atoms with Crippen molar-refractivity contribution in [1.82, 2.24) is 0 Å². The van der Waals surface area contributed by atoms with E-state index < -0.39 is 11.9 Å². The first-order valence-corrected chi connectivity index (χ1v) is 6.22. The topological polar surface area (TPSA) is 52.6 Å². The van der Waals surface area contributed by atoms with Crippen LogP contribution < -0.4 is 0 Å². The summed E-state index contributed by atoms with van der Waals surface area (Å²) in [5, 5.41) is 1.04. The van der Waals surface area contributed by atoms with Crippen molar-refractivity contribution in [3.63, 3.8) is 0 Å². The molecule has 0 aliphatic carbocycles. The molecule has 0 bridgehead atoms. The predicted octanol–water partition coefficient (Wildman–Crippen LogP) is 2.46. The van der Waals surface area contributed by atoms with Gasteiger partial charge in [0, 0.05) is 5.33 Å². The molecule has 0 atom stereocenters. The molecule has 0 radical (unpaired) electrons. The first kappa shape index (κ1) is 17.6. The molecule has 0 unspecified atom stereocenters. The molecule has 0 rings (SSSR count). The van der Waals surface area contributed by atoms with Crippen LogP contribution >= 0.6 is 15.9 Å². The van der Waals surface area contributed by atoms with Crippen LogP contribution in [0.2, 0.25) is 0 Å².